The highest BCUT2D eigenvalue weighted by Crippen LogP contribution is 2.23. The maximum Gasteiger partial charge on any atom is 0.0151 e. The fourth-order valence-electron chi connectivity index (χ4n) is 1.83. The van der Waals surface area contributed by atoms with Crippen LogP contribution in [0.25, 0.3) is 0 Å². The summed E-state index contributed by atoms with van der Waals surface area (Å²) in [6.07, 6.45) is 6.01. The number of nitrogens with two attached hydrogens (primary N) is 1. The largest absolute Gasteiger partial charge is 0.325 e. The molecule has 0 rings (SSSR count). The van der Waals surface area contributed by atoms with Crippen molar-refractivity contribution in [3.8, 4) is 0 Å². The molecule has 0 spiro atoms. The van der Waals surface area contributed by atoms with Crippen LogP contribution < -0.4 is 5.73 Å². The van der Waals surface area contributed by atoms with Gasteiger partial charge in [0.05, 0.1) is 0 Å². The quantitative estimate of drug-likeness (QED) is 0.652. The van der Waals surface area contributed by atoms with E-state index in [1.807, 2.05) is 0 Å². The first-order valence-electron chi connectivity index (χ1n) is 5.36. The maximum atomic E-state index is 6.23. The van der Waals surface area contributed by atoms with Crippen LogP contribution in [-0.2, 0) is 0 Å². The van der Waals surface area contributed by atoms with Crippen molar-refractivity contribution in [3.63, 3.8) is 0 Å². The summed E-state index contributed by atoms with van der Waals surface area (Å²) in [5, 5.41) is 0. The van der Waals surface area contributed by atoms with Crippen molar-refractivity contribution in [1.29, 1.82) is 0 Å². The lowest BCUT2D eigenvalue weighted by atomic mass is 9.83. The van der Waals surface area contributed by atoms with Gasteiger partial charge in [-0.05, 0) is 25.2 Å². The van der Waals surface area contributed by atoms with E-state index in [-0.39, 0.29) is 5.54 Å². The Labute approximate surface area is 77.7 Å². The van der Waals surface area contributed by atoms with E-state index in [1.54, 1.807) is 0 Å². The average molecular weight is 171 g/mol. The van der Waals surface area contributed by atoms with Crippen molar-refractivity contribution in [3.05, 3.63) is 0 Å². The van der Waals surface area contributed by atoms with Crippen molar-refractivity contribution < 1.29 is 0 Å². The van der Waals surface area contributed by atoms with E-state index < -0.39 is 0 Å². The molecule has 0 radical (unpaired) electrons. The van der Waals surface area contributed by atoms with Crippen molar-refractivity contribution >= 4 is 0 Å². The first kappa shape index (κ1) is 12.0. The standard InChI is InChI=1S/C11H25N/c1-5-8-10(4)9-11(12,6-2)7-3/h10H,5-9,12H2,1-4H3. The van der Waals surface area contributed by atoms with Gasteiger partial charge in [0, 0.05) is 5.54 Å². The van der Waals surface area contributed by atoms with Gasteiger partial charge in [0.2, 0.25) is 0 Å². The molecule has 1 unspecified atom stereocenters. The lowest BCUT2D eigenvalue weighted by molar-refractivity contribution is 0.298. The van der Waals surface area contributed by atoms with Crippen LogP contribution in [0.15, 0.2) is 0 Å². The summed E-state index contributed by atoms with van der Waals surface area (Å²) < 4.78 is 0. The molecule has 0 saturated carbocycles. The zero-order valence-electron chi connectivity index (χ0n) is 9.19. The number of rotatable bonds is 6. The molecule has 12 heavy (non-hydrogen) atoms. The molecule has 0 aliphatic rings. The summed E-state index contributed by atoms with van der Waals surface area (Å²) in [7, 11) is 0. The van der Waals surface area contributed by atoms with E-state index in [0.29, 0.717) is 0 Å². The van der Waals surface area contributed by atoms with Crippen LogP contribution in [0, 0.1) is 5.92 Å². The molecule has 0 aliphatic carbocycles. The fourth-order valence-corrected chi connectivity index (χ4v) is 1.83. The molecule has 0 aromatic rings. The Morgan fingerprint density at radius 2 is 1.67 bits per heavy atom. The van der Waals surface area contributed by atoms with E-state index >= 15 is 0 Å². The molecule has 0 saturated heterocycles. The summed E-state index contributed by atoms with van der Waals surface area (Å²) in [5.41, 5.74) is 6.33. The molecule has 1 nitrogen and oxygen atoms in total. The van der Waals surface area contributed by atoms with Crippen molar-refractivity contribution in [2.75, 3.05) is 0 Å². The van der Waals surface area contributed by atoms with E-state index in [9.17, 15) is 0 Å². The Morgan fingerprint density at radius 1 is 1.17 bits per heavy atom. The van der Waals surface area contributed by atoms with Crippen LogP contribution in [0.2, 0.25) is 0 Å². The second-order valence-corrected chi connectivity index (χ2v) is 4.17. The third-order valence-corrected chi connectivity index (χ3v) is 2.94. The molecular formula is C11H25N. The summed E-state index contributed by atoms with van der Waals surface area (Å²) in [6, 6.07) is 0. The smallest absolute Gasteiger partial charge is 0.0151 e. The Bertz CT molecular complexity index is 106. The third-order valence-electron chi connectivity index (χ3n) is 2.94. The van der Waals surface area contributed by atoms with Crippen molar-refractivity contribution in [2.45, 2.75) is 65.3 Å². The first-order valence-corrected chi connectivity index (χ1v) is 5.36. The topological polar surface area (TPSA) is 26.0 Å². The van der Waals surface area contributed by atoms with Gasteiger partial charge in [0.25, 0.3) is 0 Å². The number of hydrogen-bond acceptors (Lipinski definition) is 1. The van der Waals surface area contributed by atoms with Gasteiger partial charge < -0.3 is 5.73 Å². The lowest BCUT2D eigenvalue weighted by Gasteiger charge is -2.29. The highest BCUT2D eigenvalue weighted by Gasteiger charge is 2.22. The predicted octanol–water partition coefficient (Wildman–Crippen LogP) is 3.33. The lowest BCUT2D eigenvalue weighted by Crippen LogP contribution is -2.39. The highest BCUT2D eigenvalue weighted by molar-refractivity contribution is 4.82. The minimum Gasteiger partial charge on any atom is -0.325 e. The second kappa shape index (κ2) is 5.58. The van der Waals surface area contributed by atoms with Crippen LogP contribution >= 0.6 is 0 Å². The maximum absolute atomic E-state index is 6.23. The summed E-state index contributed by atoms with van der Waals surface area (Å²) in [5.74, 6) is 0.792. The highest BCUT2D eigenvalue weighted by atomic mass is 14.7. The van der Waals surface area contributed by atoms with Crippen molar-refractivity contribution in [1.82, 2.24) is 0 Å². The van der Waals surface area contributed by atoms with Gasteiger partial charge in [-0.3, -0.25) is 0 Å². The van der Waals surface area contributed by atoms with E-state index in [1.165, 1.54) is 19.3 Å². The molecule has 0 heterocycles. The normalized spacial score (nSPS) is 14.8. The molecule has 1 heteroatoms. The molecule has 0 aromatic carbocycles. The predicted molar refractivity (Wildman–Crippen MR) is 56.2 cm³/mol. The molecule has 74 valence electrons. The molecule has 0 bridgehead atoms. The van der Waals surface area contributed by atoms with Gasteiger partial charge in [0.15, 0.2) is 0 Å². The van der Waals surface area contributed by atoms with Crippen LogP contribution in [-0.4, -0.2) is 5.54 Å². The van der Waals surface area contributed by atoms with Crippen LogP contribution in [0.1, 0.15) is 59.8 Å². The van der Waals surface area contributed by atoms with Gasteiger partial charge >= 0.3 is 0 Å². The summed E-state index contributed by atoms with van der Waals surface area (Å²) >= 11 is 0. The second-order valence-electron chi connectivity index (χ2n) is 4.17. The Kier molecular flexibility index (Phi) is 5.56. The van der Waals surface area contributed by atoms with E-state index in [0.717, 1.165) is 18.8 Å². The minimum atomic E-state index is 0.106. The molecule has 2 N–H and O–H groups in total. The third kappa shape index (κ3) is 4.10. The van der Waals surface area contributed by atoms with Crippen LogP contribution in [0.4, 0.5) is 0 Å². The number of hydrogen-bond donors (Lipinski definition) is 1. The molecule has 0 aromatic heterocycles. The minimum absolute atomic E-state index is 0.106. The monoisotopic (exact) mass is 171 g/mol. The van der Waals surface area contributed by atoms with Gasteiger partial charge in [-0.15, -0.1) is 0 Å². The van der Waals surface area contributed by atoms with Crippen molar-refractivity contribution in [2.24, 2.45) is 11.7 Å². The van der Waals surface area contributed by atoms with E-state index in [2.05, 4.69) is 27.7 Å². The summed E-state index contributed by atoms with van der Waals surface area (Å²) in [6.45, 7) is 8.95. The van der Waals surface area contributed by atoms with Gasteiger partial charge in [-0.25, -0.2) is 0 Å². The Hall–Kier alpha value is -0.0400. The van der Waals surface area contributed by atoms with Gasteiger partial charge in [-0.2, -0.15) is 0 Å². The zero-order chi connectivity index (χ0) is 9.61. The zero-order valence-corrected chi connectivity index (χ0v) is 9.19. The molecule has 0 amide bonds. The molecule has 1 atom stereocenters. The first-order chi connectivity index (χ1) is 5.58. The Morgan fingerprint density at radius 3 is 2.00 bits per heavy atom. The average Bonchev–Trinajstić information content (AvgIpc) is 2.05. The molecular weight excluding hydrogens is 146 g/mol. The SMILES string of the molecule is CCCC(C)CC(N)(CC)CC. The van der Waals surface area contributed by atoms with E-state index in [4.69, 9.17) is 5.73 Å². The van der Waals surface area contributed by atoms with Gasteiger partial charge in [0.1, 0.15) is 0 Å². The fraction of sp³-hybridized carbons (Fsp3) is 1.00. The Balaban J connectivity index is 3.84. The van der Waals surface area contributed by atoms with Crippen LogP contribution in [0.3, 0.4) is 0 Å². The molecule has 0 aliphatic heterocycles. The van der Waals surface area contributed by atoms with Gasteiger partial charge in [-0.1, -0.05) is 40.5 Å². The van der Waals surface area contributed by atoms with Crippen LogP contribution in [0.5, 0.6) is 0 Å². The molecule has 0 fully saturated rings. The summed E-state index contributed by atoms with van der Waals surface area (Å²) in [4.78, 5) is 0.